The number of aromatic amines is 1. The molecule has 146 valence electrons. The van der Waals surface area contributed by atoms with Crippen LogP contribution < -0.4 is 10.5 Å². The average molecular weight is 418 g/mol. The molecule has 1 saturated heterocycles. The van der Waals surface area contributed by atoms with E-state index in [1.165, 1.54) is 21.7 Å². The van der Waals surface area contributed by atoms with E-state index in [1.54, 1.807) is 31.5 Å². The highest BCUT2D eigenvalue weighted by Crippen LogP contribution is 2.32. The van der Waals surface area contributed by atoms with Crippen molar-refractivity contribution >= 4 is 27.0 Å². The summed E-state index contributed by atoms with van der Waals surface area (Å²) in [5.41, 5.74) is 2.02. The van der Waals surface area contributed by atoms with Crippen LogP contribution in [-0.4, -0.2) is 54.1 Å². The fraction of sp³-hybridized carbons (Fsp3) is 0.278. The minimum Gasteiger partial charge on any atom is -0.368 e. The Hall–Kier alpha value is -2.56. The number of H-pyrrole nitrogens is 1. The van der Waals surface area contributed by atoms with Gasteiger partial charge < -0.3 is 4.90 Å². The number of piperazine rings is 1. The Morgan fingerprint density at radius 1 is 1.14 bits per heavy atom. The lowest BCUT2D eigenvalue weighted by Crippen LogP contribution is -2.48. The van der Waals surface area contributed by atoms with Gasteiger partial charge in [-0.2, -0.15) is 9.40 Å². The van der Waals surface area contributed by atoms with Gasteiger partial charge in [0.15, 0.2) is 0 Å². The number of aromatic nitrogens is 3. The summed E-state index contributed by atoms with van der Waals surface area (Å²) in [6.45, 7) is 3.84. The summed E-state index contributed by atoms with van der Waals surface area (Å²) in [6.07, 6.45) is 3.51. The molecule has 4 heterocycles. The molecule has 1 N–H and O–H groups in total. The van der Waals surface area contributed by atoms with E-state index in [1.807, 2.05) is 12.1 Å². The second-order valence-electron chi connectivity index (χ2n) is 6.48. The van der Waals surface area contributed by atoms with Crippen molar-refractivity contribution in [2.24, 2.45) is 0 Å². The summed E-state index contributed by atoms with van der Waals surface area (Å²) in [5, 5.41) is 6.45. The molecule has 0 aliphatic carbocycles. The Labute approximate surface area is 166 Å². The number of nitrogens with one attached hydrogen (secondary N) is 1. The van der Waals surface area contributed by atoms with Crippen molar-refractivity contribution in [3.8, 4) is 10.6 Å². The molecular formula is C18H19N5O3S2. The summed E-state index contributed by atoms with van der Waals surface area (Å²) in [6, 6.07) is 8.64. The molecule has 3 aromatic rings. The van der Waals surface area contributed by atoms with E-state index in [4.69, 9.17) is 0 Å². The maximum absolute atomic E-state index is 13.0. The summed E-state index contributed by atoms with van der Waals surface area (Å²) >= 11 is 1.17. The van der Waals surface area contributed by atoms with Crippen molar-refractivity contribution in [1.82, 2.24) is 19.5 Å². The number of nitrogens with zero attached hydrogens (tertiary/aromatic N) is 4. The minimum atomic E-state index is -3.57. The molecule has 0 bridgehead atoms. The van der Waals surface area contributed by atoms with Crippen LogP contribution in [0.3, 0.4) is 0 Å². The van der Waals surface area contributed by atoms with Crippen molar-refractivity contribution in [3.05, 3.63) is 58.6 Å². The van der Waals surface area contributed by atoms with Gasteiger partial charge in [-0.1, -0.05) is 0 Å². The minimum absolute atomic E-state index is 0.280. The van der Waals surface area contributed by atoms with E-state index >= 15 is 0 Å². The maximum atomic E-state index is 13.0. The number of hydrogen-bond acceptors (Lipinski definition) is 7. The van der Waals surface area contributed by atoms with E-state index in [0.29, 0.717) is 42.3 Å². The van der Waals surface area contributed by atoms with E-state index in [0.717, 1.165) is 5.69 Å². The summed E-state index contributed by atoms with van der Waals surface area (Å²) < 4.78 is 27.9. The van der Waals surface area contributed by atoms with Crippen LogP contribution in [0.1, 0.15) is 5.56 Å². The molecule has 4 rings (SSSR count). The topological polar surface area (TPSA) is 99.3 Å². The van der Waals surface area contributed by atoms with Gasteiger partial charge >= 0.3 is 0 Å². The van der Waals surface area contributed by atoms with Gasteiger partial charge in [0.1, 0.15) is 9.90 Å². The zero-order valence-corrected chi connectivity index (χ0v) is 16.8. The lowest BCUT2D eigenvalue weighted by Gasteiger charge is -2.34. The Balaban J connectivity index is 1.52. The van der Waals surface area contributed by atoms with Gasteiger partial charge in [-0.05, 0) is 36.8 Å². The predicted octanol–water partition coefficient (Wildman–Crippen LogP) is 1.71. The Morgan fingerprint density at radius 2 is 1.93 bits per heavy atom. The summed E-state index contributed by atoms with van der Waals surface area (Å²) in [4.78, 5) is 18.3. The standard InChI is InChI=1S/C18H19N5O3S2/c1-13-11-16(24)20-21-18(13)15-4-5-17(27-15)28(25,26)23-9-7-22(8-10-23)14-3-2-6-19-12-14/h2-6,11-12H,7-10H2,1H3,(H,20,24). The van der Waals surface area contributed by atoms with Crippen LogP contribution in [0.4, 0.5) is 5.69 Å². The fourth-order valence-corrected chi connectivity index (χ4v) is 6.12. The zero-order chi connectivity index (χ0) is 19.7. The van der Waals surface area contributed by atoms with Crippen molar-refractivity contribution in [2.75, 3.05) is 31.1 Å². The van der Waals surface area contributed by atoms with E-state index in [2.05, 4.69) is 20.1 Å². The largest absolute Gasteiger partial charge is 0.368 e. The first-order valence-corrected chi connectivity index (χ1v) is 11.0. The highest BCUT2D eigenvalue weighted by Gasteiger charge is 2.30. The van der Waals surface area contributed by atoms with Gasteiger partial charge in [-0.25, -0.2) is 13.5 Å². The Bertz CT molecular complexity index is 1130. The average Bonchev–Trinajstić information content (AvgIpc) is 3.19. The van der Waals surface area contributed by atoms with Crippen molar-refractivity contribution < 1.29 is 8.42 Å². The number of thiophene rings is 1. The highest BCUT2D eigenvalue weighted by molar-refractivity contribution is 7.91. The van der Waals surface area contributed by atoms with Gasteiger partial charge in [0.2, 0.25) is 0 Å². The smallest absolute Gasteiger partial charge is 0.264 e. The molecule has 28 heavy (non-hydrogen) atoms. The van der Waals surface area contributed by atoms with E-state index < -0.39 is 10.0 Å². The Morgan fingerprint density at radius 3 is 2.61 bits per heavy atom. The van der Waals surface area contributed by atoms with Crippen molar-refractivity contribution in [3.63, 3.8) is 0 Å². The first-order valence-electron chi connectivity index (χ1n) is 8.77. The van der Waals surface area contributed by atoms with Gasteiger partial charge in [0.05, 0.1) is 16.8 Å². The molecule has 1 fully saturated rings. The molecule has 0 spiro atoms. The van der Waals surface area contributed by atoms with E-state index in [9.17, 15) is 13.2 Å². The summed E-state index contributed by atoms with van der Waals surface area (Å²) in [5.74, 6) is 0. The van der Waals surface area contributed by atoms with Crippen LogP contribution in [-0.2, 0) is 10.0 Å². The normalized spacial score (nSPS) is 15.7. The second kappa shape index (κ2) is 7.46. The van der Waals surface area contributed by atoms with Crippen molar-refractivity contribution in [1.29, 1.82) is 0 Å². The predicted molar refractivity (Wildman–Crippen MR) is 108 cm³/mol. The quantitative estimate of drug-likeness (QED) is 0.694. The number of hydrogen-bond donors (Lipinski definition) is 1. The van der Waals surface area contributed by atoms with E-state index in [-0.39, 0.29) is 9.77 Å². The molecule has 8 nitrogen and oxygen atoms in total. The number of anilines is 1. The van der Waals surface area contributed by atoms with Crippen LogP contribution in [0.25, 0.3) is 10.6 Å². The highest BCUT2D eigenvalue weighted by atomic mass is 32.2. The number of sulfonamides is 1. The third-order valence-corrected chi connectivity index (χ3v) is 8.12. The van der Waals surface area contributed by atoms with Crippen LogP contribution in [0.5, 0.6) is 0 Å². The van der Waals surface area contributed by atoms with Gasteiger partial charge in [-0.15, -0.1) is 11.3 Å². The molecule has 0 unspecified atom stereocenters. The number of pyridine rings is 1. The first kappa shape index (κ1) is 18.8. The Kier molecular flexibility index (Phi) is 5.00. The molecule has 0 radical (unpaired) electrons. The van der Waals surface area contributed by atoms with Gasteiger partial charge in [0.25, 0.3) is 15.6 Å². The molecule has 0 aromatic carbocycles. The van der Waals surface area contributed by atoms with Gasteiger partial charge in [-0.3, -0.25) is 9.78 Å². The lowest BCUT2D eigenvalue weighted by molar-refractivity contribution is 0.386. The van der Waals surface area contributed by atoms with Crippen LogP contribution in [0, 0.1) is 6.92 Å². The van der Waals surface area contributed by atoms with Crippen LogP contribution >= 0.6 is 11.3 Å². The summed E-state index contributed by atoms with van der Waals surface area (Å²) in [7, 11) is -3.57. The fourth-order valence-electron chi connectivity index (χ4n) is 3.19. The second-order valence-corrected chi connectivity index (χ2v) is 9.73. The van der Waals surface area contributed by atoms with Gasteiger partial charge in [0, 0.05) is 38.4 Å². The number of rotatable bonds is 4. The molecular weight excluding hydrogens is 398 g/mol. The molecule has 0 atom stereocenters. The third kappa shape index (κ3) is 3.58. The molecule has 3 aromatic heterocycles. The first-order chi connectivity index (χ1) is 13.4. The molecule has 1 aliphatic rings. The SMILES string of the molecule is Cc1cc(=O)[nH]nc1-c1ccc(S(=O)(=O)N2CCN(c3cccnc3)CC2)s1. The molecule has 0 saturated carbocycles. The van der Waals surface area contributed by atoms with Crippen molar-refractivity contribution in [2.45, 2.75) is 11.1 Å². The van der Waals surface area contributed by atoms with Crippen LogP contribution in [0.15, 0.2) is 51.7 Å². The molecule has 1 aliphatic heterocycles. The van der Waals surface area contributed by atoms with Crippen LogP contribution in [0.2, 0.25) is 0 Å². The lowest BCUT2D eigenvalue weighted by atomic mass is 10.2. The number of aryl methyl sites for hydroxylation is 1. The third-order valence-electron chi connectivity index (χ3n) is 4.66. The molecule has 10 heteroatoms. The maximum Gasteiger partial charge on any atom is 0.264 e. The zero-order valence-electron chi connectivity index (χ0n) is 15.2. The molecule has 0 amide bonds. The monoisotopic (exact) mass is 417 g/mol.